The third-order valence-electron chi connectivity index (χ3n) is 5.26. The van der Waals surface area contributed by atoms with Crippen molar-refractivity contribution >= 4 is 28.5 Å². The summed E-state index contributed by atoms with van der Waals surface area (Å²) in [6, 6.07) is 15.3. The van der Waals surface area contributed by atoms with Gasteiger partial charge in [0, 0.05) is 10.9 Å². The number of amides is 1. The Morgan fingerprint density at radius 1 is 1.17 bits per heavy atom. The monoisotopic (exact) mass is 399 g/mol. The molecule has 0 atom stereocenters. The smallest absolute Gasteiger partial charge is 0.253 e. The summed E-state index contributed by atoms with van der Waals surface area (Å²) in [5, 5.41) is 12.3. The van der Waals surface area contributed by atoms with Gasteiger partial charge < -0.3 is 14.8 Å². The predicted octanol–water partition coefficient (Wildman–Crippen LogP) is 3.99. The lowest BCUT2D eigenvalue weighted by Crippen LogP contribution is -2.25. The Kier molecular flexibility index (Phi) is 5.36. The highest BCUT2D eigenvalue weighted by Gasteiger charge is 2.27. The number of methoxy groups -OCH3 is 2. The molecule has 4 rings (SSSR count). The van der Waals surface area contributed by atoms with Crippen molar-refractivity contribution in [1.82, 2.24) is 10.3 Å². The van der Waals surface area contributed by atoms with E-state index in [0.29, 0.717) is 23.5 Å². The number of pyridine rings is 1. The van der Waals surface area contributed by atoms with Gasteiger partial charge in [-0.1, -0.05) is 30.3 Å². The Bertz CT molecular complexity index is 1210. The number of hydrogen-bond acceptors (Lipinski definition) is 5. The molecule has 1 heterocycles. The number of nitriles is 1. The van der Waals surface area contributed by atoms with Crippen LogP contribution in [0.3, 0.4) is 0 Å². The molecule has 0 fully saturated rings. The number of hydrogen-bond donors (Lipinski definition) is 1. The third-order valence-corrected chi connectivity index (χ3v) is 5.26. The molecule has 1 N–H and O–H groups in total. The van der Waals surface area contributed by atoms with Crippen LogP contribution in [0.15, 0.2) is 42.5 Å². The number of ether oxygens (including phenoxy) is 2. The second-order valence-corrected chi connectivity index (χ2v) is 6.92. The molecular weight excluding hydrogens is 378 g/mol. The minimum Gasteiger partial charge on any atom is -0.493 e. The van der Waals surface area contributed by atoms with E-state index in [2.05, 4.69) is 5.32 Å². The molecule has 1 aromatic heterocycles. The maximum atomic E-state index is 12.9. The second kappa shape index (κ2) is 8.26. The standard InChI is InChI=1S/C24H21N3O3/c1-29-20-9-5-6-16(23(20)30-2)14-15-10-11-18-21(24(28)26-13-12-25)17-7-3-4-8-19(17)27-22(15)18/h3-9,14H,10-11,13H2,1-2H3,(H,26,28). The van der Waals surface area contributed by atoms with Gasteiger partial charge in [-0.05, 0) is 42.2 Å². The van der Waals surface area contributed by atoms with Crippen LogP contribution in [0.5, 0.6) is 11.5 Å². The molecule has 6 heteroatoms. The summed E-state index contributed by atoms with van der Waals surface area (Å²) >= 11 is 0. The minimum atomic E-state index is -0.244. The highest BCUT2D eigenvalue weighted by Crippen LogP contribution is 2.40. The van der Waals surface area contributed by atoms with Gasteiger partial charge in [-0.25, -0.2) is 4.98 Å². The number of allylic oxidation sites excluding steroid dienone is 1. The molecule has 30 heavy (non-hydrogen) atoms. The molecule has 2 aromatic carbocycles. The zero-order chi connectivity index (χ0) is 21.1. The number of rotatable bonds is 5. The van der Waals surface area contributed by atoms with Crippen molar-refractivity contribution in [2.45, 2.75) is 12.8 Å². The molecule has 3 aromatic rings. The lowest BCUT2D eigenvalue weighted by molar-refractivity contribution is 0.0959. The molecule has 0 saturated carbocycles. The Morgan fingerprint density at radius 2 is 2.00 bits per heavy atom. The van der Waals surface area contributed by atoms with Crippen molar-refractivity contribution in [3.8, 4) is 17.6 Å². The summed E-state index contributed by atoms with van der Waals surface area (Å²) in [6.07, 6.45) is 3.52. The van der Waals surface area contributed by atoms with Gasteiger partial charge in [0.2, 0.25) is 0 Å². The average Bonchev–Trinajstić information content (AvgIpc) is 3.17. The number of nitrogens with one attached hydrogen (secondary N) is 1. The normalized spacial score (nSPS) is 13.7. The molecule has 1 aliphatic carbocycles. The number of aromatic nitrogens is 1. The number of benzene rings is 2. The van der Waals surface area contributed by atoms with Crippen molar-refractivity contribution in [3.05, 3.63) is 64.8 Å². The second-order valence-electron chi connectivity index (χ2n) is 6.92. The molecule has 0 aliphatic heterocycles. The van der Waals surface area contributed by atoms with Crippen molar-refractivity contribution in [2.24, 2.45) is 0 Å². The van der Waals surface area contributed by atoms with E-state index in [1.54, 1.807) is 14.2 Å². The van der Waals surface area contributed by atoms with Crippen molar-refractivity contribution in [1.29, 1.82) is 5.26 Å². The van der Waals surface area contributed by atoms with Crippen LogP contribution < -0.4 is 14.8 Å². The molecule has 0 saturated heterocycles. The summed E-state index contributed by atoms with van der Waals surface area (Å²) in [6.45, 7) is -0.0338. The predicted molar refractivity (Wildman–Crippen MR) is 115 cm³/mol. The quantitative estimate of drug-likeness (QED) is 0.656. The first-order valence-corrected chi connectivity index (χ1v) is 9.66. The molecule has 1 aliphatic rings. The van der Waals surface area contributed by atoms with Gasteiger partial charge in [0.05, 0.1) is 37.1 Å². The summed E-state index contributed by atoms with van der Waals surface area (Å²) in [5.41, 5.74) is 5.02. The highest BCUT2D eigenvalue weighted by molar-refractivity contribution is 6.09. The lowest BCUT2D eigenvalue weighted by Gasteiger charge is -2.13. The fourth-order valence-corrected chi connectivity index (χ4v) is 3.96. The summed E-state index contributed by atoms with van der Waals surface area (Å²) in [7, 11) is 3.23. The first-order valence-electron chi connectivity index (χ1n) is 9.66. The number of para-hydroxylation sites is 2. The molecule has 150 valence electrons. The van der Waals surface area contributed by atoms with Crippen molar-refractivity contribution in [2.75, 3.05) is 20.8 Å². The number of nitrogens with zero attached hydrogens (tertiary/aromatic N) is 2. The largest absolute Gasteiger partial charge is 0.493 e. The summed E-state index contributed by atoms with van der Waals surface area (Å²) in [5.74, 6) is 1.08. The fraction of sp³-hybridized carbons (Fsp3) is 0.208. The van der Waals surface area contributed by atoms with Gasteiger partial charge in [-0.2, -0.15) is 5.26 Å². The topological polar surface area (TPSA) is 84.2 Å². The van der Waals surface area contributed by atoms with E-state index in [-0.39, 0.29) is 12.5 Å². The van der Waals surface area contributed by atoms with Crippen molar-refractivity contribution < 1.29 is 14.3 Å². The van der Waals surface area contributed by atoms with Gasteiger partial charge in [0.25, 0.3) is 5.91 Å². The fourth-order valence-electron chi connectivity index (χ4n) is 3.96. The number of carbonyl (C=O) groups excluding carboxylic acids is 1. The van der Waals surface area contributed by atoms with Gasteiger partial charge in [0.1, 0.15) is 6.54 Å². The zero-order valence-corrected chi connectivity index (χ0v) is 16.9. The van der Waals surface area contributed by atoms with Gasteiger partial charge in [0.15, 0.2) is 11.5 Å². The molecule has 6 nitrogen and oxygen atoms in total. The van der Waals surface area contributed by atoms with Crippen LogP contribution in [0.2, 0.25) is 0 Å². The van der Waals surface area contributed by atoms with E-state index < -0.39 is 0 Å². The van der Waals surface area contributed by atoms with Crippen LogP contribution in [0, 0.1) is 11.3 Å². The highest BCUT2D eigenvalue weighted by atomic mass is 16.5. The van der Waals surface area contributed by atoms with E-state index in [9.17, 15) is 4.79 Å². The van der Waals surface area contributed by atoms with Crippen LogP contribution in [0.25, 0.3) is 22.6 Å². The maximum Gasteiger partial charge on any atom is 0.253 e. The molecule has 0 bridgehead atoms. The summed E-state index contributed by atoms with van der Waals surface area (Å²) in [4.78, 5) is 17.7. The van der Waals surface area contributed by atoms with E-state index in [1.165, 1.54) is 0 Å². The maximum absolute atomic E-state index is 12.9. The van der Waals surface area contributed by atoms with Gasteiger partial charge in [-0.15, -0.1) is 0 Å². The van der Waals surface area contributed by atoms with Crippen LogP contribution in [0.1, 0.15) is 33.6 Å². The average molecular weight is 399 g/mol. The molecule has 1 amide bonds. The Balaban J connectivity index is 1.88. The molecule has 0 unspecified atom stereocenters. The van der Waals surface area contributed by atoms with Crippen LogP contribution in [-0.2, 0) is 6.42 Å². The number of fused-ring (bicyclic) bond motifs is 2. The third kappa shape index (κ3) is 3.35. The van der Waals surface area contributed by atoms with Crippen LogP contribution in [-0.4, -0.2) is 31.7 Å². The Hall–Kier alpha value is -3.85. The van der Waals surface area contributed by atoms with Crippen molar-refractivity contribution in [3.63, 3.8) is 0 Å². The number of carbonyl (C=O) groups is 1. The van der Waals surface area contributed by atoms with Gasteiger partial charge >= 0.3 is 0 Å². The van der Waals surface area contributed by atoms with Crippen LogP contribution in [0.4, 0.5) is 0 Å². The molecule has 0 spiro atoms. The lowest BCUT2D eigenvalue weighted by atomic mass is 10.00. The Morgan fingerprint density at radius 3 is 2.77 bits per heavy atom. The summed E-state index contributed by atoms with van der Waals surface area (Å²) < 4.78 is 11.0. The van der Waals surface area contributed by atoms with E-state index in [1.807, 2.05) is 54.6 Å². The zero-order valence-electron chi connectivity index (χ0n) is 16.9. The Labute approximate surface area is 174 Å². The SMILES string of the molecule is COc1cccc(C=C2CCc3c2nc2ccccc2c3C(=O)NCC#N)c1OC. The minimum absolute atomic E-state index is 0.0338. The first kappa shape index (κ1) is 19.5. The van der Waals surface area contributed by atoms with E-state index in [4.69, 9.17) is 19.7 Å². The molecular formula is C24H21N3O3. The van der Waals surface area contributed by atoms with E-state index in [0.717, 1.165) is 39.7 Å². The van der Waals surface area contributed by atoms with Gasteiger partial charge in [-0.3, -0.25) is 4.79 Å². The van der Waals surface area contributed by atoms with Crippen LogP contribution >= 0.6 is 0 Å². The molecule has 0 radical (unpaired) electrons. The first-order chi connectivity index (χ1) is 14.7. The van der Waals surface area contributed by atoms with E-state index >= 15 is 0 Å².